The van der Waals surface area contributed by atoms with Crippen LogP contribution in [-0.4, -0.2) is 15.0 Å². The molecule has 3 aromatic rings. The van der Waals surface area contributed by atoms with E-state index in [4.69, 9.17) is 5.73 Å². The van der Waals surface area contributed by atoms with Gasteiger partial charge < -0.3 is 5.73 Å². The van der Waals surface area contributed by atoms with E-state index in [2.05, 4.69) is 15.0 Å². The molecule has 3 rings (SSSR count). The number of hydrogen-bond acceptors (Lipinski definition) is 4. The van der Waals surface area contributed by atoms with E-state index >= 15 is 0 Å². The third kappa shape index (κ3) is 1.69. The molecule has 0 aliphatic rings. The summed E-state index contributed by atoms with van der Waals surface area (Å²) in [7, 11) is 0. The van der Waals surface area contributed by atoms with Gasteiger partial charge in [-0.1, -0.05) is 18.2 Å². The Morgan fingerprint density at radius 2 is 1.76 bits per heavy atom. The summed E-state index contributed by atoms with van der Waals surface area (Å²) in [6, 6.07) is 9.79. The van der Waals surface area contributed by atoms with Crippen LogP contribution in [0.5, 0.6) is 0 Å². The number of nitrogens with zero attached hydrogens (tertiary/aromatic N) is 3. The summed E-state index contributed by atoms with van der Waals surface area (Å²) in [4.78, 5) is 12.5. The maximum atomic E-state index is 6.00. The Morgan fingerprint density at radius 1 is 1.00 bits per heavy atom. The van der Waals surface area contributed by atoms with Gasteiger partial charge in [-0.05, 0) is 12.1 Å². The van der Waals surface area contributed by atoms with Gasteiger partial charge in [0.05, 0.1) is 16.9 Å². The predicted octanol–water partition coefficient (Wildman–Crippen LogP) is 2.27. The molecule has 4 nitrogen and oxygen atoms in total. The number of nitrogen functional groups attached to an aromatic ring is 1. The molecule has 0 saturated carbocycles. The van der Waals surface area contributed by atoms with Gasteiger partial charge in [0, 0.05) is 23.3 Å². The van der Waals surface area contributed by atoms with Gasteiger partial charge in [-0.25, -0.2) is 15.0 Å². The lowest BCUT2D eigenvalue weighted by atomic mass is 10.1. The summed E-state index contributed by atoms with van der Waals surface area (Å²) in [5.41, 5.74) is 9.11. The molecule has 0 aliphatic heterocycles. The molecule has 0 fully saturated rings. The highest BCUT2D eigenvalue weighted by Crippen LogP contribution is 2.26. The van der Waals surface area contributed by atoms with Gasteiger partial charge in [-0.3, -0.25) is 0 Å². The normalized spacial score (nSPS) is 10.6. The molecule has 0 aliphatic carbocycles. The van der Waals surface area contributed by atoms with Crippen molar-refractivity contribution < 1.29 is 0 Å². The van der Waals surface area contributed by atoms with Gasteiger partial charge in [-0.15, -0.1) is 0 Å². The molecule has 82 valence electrons. The fourth-order valence-corrected chi connectivity index (χ4v) is 1.78. The maximum absolute atomic E-state index is 6.00. The molecular weight excluding hydrogens is 212 g/mol. The van der Waals surface area contributed by atoms with Crippen LogP contribution in [0.3, 0.4) is 0 Å². The Hall–Kier alpha value is -2.49. The van der Waals surface area contributed by atoms with Gasteiger partial charge in [0.1, 0.15) is 6.33 Å². The average molecular weight is 222 g/mol. The summed E-state index contributed by atoms with van der Waals surface area (Å²) >= 11 is 0. The van der Waals surface area contributed by atoms with E-state index in [0.29, 0.717) is 5.69 Å². The van der Waals surface area contributed by atoms with Crippen LogP contribution in [0, 0.1) is 0 Å². The Labute approximate surface area is 98.2 Å². The Balaban J connectivity index is 2.27. The first kappa shape index (κ1) is 9.72. The maximum Gasteiger partial charge on any atom is 0.115 e. The predicted molar refractivity (Wildman–Crippen MR) is 67.2 cm³/mol. The fraction of sp³-hybridized carbons (Fsp3) is 0. The van der Waals surface area contributed by atoms with Crippen LogP contribution in [0.2, 0.25) is 0 Å². The molecule has 2 heterocycles. The quantitative estimate of drug-likeness (QED) is 0.686. The first-order chi connectivity index (χ1) is 8.34. The number of benzene rings is 1. The molecule has 2 N–H and O–H groups in total. The Bertz CT molecular complexity index is 665. The second-order valence-corrected chi connectivity index (χ2v) is 3.75. The lowest BCUT2D eigenvalue weighted by molar-refractivity contribution is 1.16. The Kier molecular flexibility index (Phi) is 2.19. The first-order valence-electron chi connectivity index (χ1n) is 5.25. The van der Waals surface area contributed by atoms with Gasteiger partial charge in [0.15, 0.2) is 0 Å². The number of hydrogen-bond donors (Lipinski definition) is 1. The first-order valence-corrected chi connectivity index (χ1v) is 5.25. The zero-order valence-corrected chi connectivity index (χ0v) is 9.04. The highest BCUT2D eigenvalue weighted by atomic mass is 14.8. The molecule has 0 saturated heterocycles. The summed E-state index contributed by atoms with van der Waals surface area (Å²) in [5.74, 6) is 0. The second-order valence-electron chi connectivity index (χ2n) is 3.75. The largest absolute Gasteiger partial charge is 0.397 e. The molecule has 0 bridgehead atoms. The van der Waals surface area contributed by atoms with Crippen molar-refractivity contribution in [3.8, 4) is 11.3 Å². The van der Waals surface area contributed by atoms with Crippen LogP contribution in [-0.2, 0) is 0 Å². The van der Waals surface area contributed by atoms with Gasteiger partial charge in [-0.2, -0.15) is 0 Å². The molecule has 0 unspecified atom stereocenters. The van der Waals surface area contributed by atoms with Gasteiger partial charge in [0.2, 0.25) is 0 Å². The minimum absolute atomic E-state index is 0.638. The van der Waals surface area contributed by atoms with Gasteiger partial charge in [0.25, 0.3) is 0 Å². The number of anilines is 1. The minimum atomic E-state index is 0.638. The summed E-state index contributed by atoms with van der Waals surface area (Å²) in [6.07, 6.45) is 4.90. The van der Waals surface area contributed by atoms with Crippen LogP contribution in [0.15, 0.2) is 49.1 Å². The molecule has 1 aromatic carbocycles. The summed E-state index contributed by atoms with van der Waals surface area (Å²) < 4.78 is 0. The zero-order chi connectivity index (χ0) is 11.7. The molecule has 4 heteroatoms. The lowest BCUT2D eigenvalue weighted by Crippen LogP contribution is -1.95. The molecule has 0 radical (unpaired) electrons. The topological polar surface area (TPSA) is 64.7 Å². The van der Waals surface area contributed by atoms with Crippen LogP contribution < -0.4 is 5.73 Å². The van der Waals surface area contributed by atoms with Crippen LogP contribution in [0.1, 0.15) is 0 Å². The number of fused-ring (bicyclic) bond motifs is 1. The number of para-hydroxylation sites is 1. The van der Waals surface area contributed by atoms with E-state index in [1.165, 1.54) is 6.33 Å². The summed E-state index contributed by atoms with van der Waals surface area (Å²) in [6.45, 7) is 0. The molecule has 0 spiro atoms. The van der Waals surface area contributed by atoms with E-state index < -0.39 is 0 Å². The van der Waals surface area contributed by atoms with Crippen LogP contribution in [0.4, 0.5) is 5.69 Å². The van der Waals surface area contributed by atoms with Crippen molar-refractivity contribution in [1.29, 1.82) is 0 Å². The minimum Gasteiger partial charge on any atom is -0.397 e. The van der Waals surface area contributed by atoms with E-state index in [1.54, 1.807) is 12.4 Å². The number of nitrogens with two attached hydrogens (primary N) is 1. The molecule has 0 atom stereocenters. The fourth-order valence-electron chi connectivity index (χ4n) is 1.78. The highest BCUT2D eigenvalue weighted by molar-refractivity contribution is 5.87. The van der Waals surface area contributed by atoms with Crippen molar-refractivity contribution in [1.82, 2.24) is 15.0 Å². The molecule has 17 heavy (non-hydrogen) atoms. The van der Waals surface area contributed by atoms with Crippen molar-refractivity contribution in [3.63, 3.8) is 0 Å². The third-order valence-corrected chi connectivity index (χ3v) is 2.59. The standard InChI is InChI=1S/C13H10N4/c14-11-5-9-3-1-2-4-12(9)17-13(11)10-6-15-8-16-7-10/h1-8H,14H2. The average Bonchev–Trinajstić information content (AvgIpc) is 2.39. The van der Waals surface area contributed by atoms with E-state index in [1.807, 2.05) is 30.3 Å². The lowest BCUT2D eigenvalue weighted by Gasteiger charge is -2.06. The monoisotopic (exact) mass is 222 g/mol. The third-order valence-electron chi connectivity index (χ3n) is 2.59. The smallest absolute Gasteiger partial charge is 0.115 e. The highest BCUT2D eigenvalue weighted by Gasteiger charge is 2.06. The number of rotatable bonds is 1. The molecule has 2 aromatic heterocycles. The van der Waals surface area contributed by atoms with Crippen molar-refractivity contribution >= 4 is 16.6 Å². The van der Waals surface area contributed by atoms with Crippen molar-refractivity contribution in [2.24, 2.45) is 0 Å². The summed E-state index contributed by atoms with van der Waals surface area (Å²) in [5, 5.41) is 1.03. The number of aromatic nitrogens is 3. The van der Waals surface area contributed by atoms with E-state index in [0.717, 1.165) is 22.2 Å². The second kappa shape index (κ2) is 3.83. The van der Waals surface area contributed by atoms with Crippen LogP contribution >= 0.6 is 0 Å². The van der Waals surface area contributed by atoms with Crippen molar-refractivity contribution in [3.05, 3.63) is 49.1 Å². The Morgan fingerprint density at radius 3 is 2.59 bits per heavy atom. The van der Waals surface area contributed by atoms with Crippen molar-refractivity contribution in [2.45, 2.75) is 0 Å². The molecule has 0 amide bonds. The van der Waals surface area contributed by atoms with Crippen molar-refractivity contribution in [2.75, 3.05) is 5.73 Å². The van der Waals surface area contributed by atoms with Crippen LogP contribution in [0.25, 0.3) is 22.2 Å². The molecular formula is C13H10N4. The number of pyridine rings is 1. The van der Waals surface area contributed by atoms with Gasteiger partial charge >= 0.3 is 0 Å². The zero-order valence-electron chi connectivity index (χ0n) is 9.04. The van der Waals surface area contributed by atoms with E-state index in [9.17, 15) is 0 Å². The SMILES string of the molecule is Nc1cc2ccccc2nc1-c1cncnc1. The van der Waals surface area contributed by atoms with E-state index in [-0.39, 0.29) is 0 Å².